The molecule has 0 radical (unpaired) electrons. The molecule has 0 unspecified atom stereocenters. The van der Waals surface area contributed by atoms with Crippen molar-refractivity contribution < 1.29 is 4.74 Å². The monoisotopic (exact) mass is 355 g/mol. The number of rotatable bonds is 11. The largest absolute Gasteiger partial charge is 0.496 e. The minimum atomic E-state index is 0.829. The number of nitrogens with zero attached hydrogens (tertiary/aromatic N) is 2. The van der Waals surface area contributed by atoms with Crippen molar-refractivity contribution >= 4 is 5.82 Å². The predicted molar refractivity (Wildman–Crippen MR) is 109 cm³/mol. The van der Waals surface area contributed by atoms with E-state index in [-0.39, 0.29) is 0 Å². The van der Waals surface area contributed by atoms with Gasteiger partial charge in [-0.3, -0.25) is 0 Å². The van der Waals surface area contributed by atoms with Gasteiger partial charge in [0.15, 0.2) is 0 Å². The van der Waals surface area contributed by atoms with Crippen molar-refractivity contribution in [2.24, 2.45) is 0 Å². The molecule has 2 aromatic rings. The van der Waals surface area contributed by atoms with Crippen LogP contribution in [-0.2, 0) is 19.3 Å². The van der Waals surface area contributed by atoms with E-state index >= 15 is 0 Å². The molecule has 0 aliphatic rings. The third-order valence-electron chi connectivity index (χ3n) is 4.70. The highest BCUT2D eigenvalue weighted by Gasteiger charge is 2.06. The molecule has 1 heterocycles. The van der Waals surface area contributed by atoms with E-state index in [4.69, 9.17) is 4.74 Å². The molecule has 0 aliphatic carbocycles. The van der Waals surface area contributed by atoms with Crippen molar-refractivity contribution in [2.75, 3.05) is 19.0 Å². The molecule has 1 aromatic heterocycles. The van der Waals surface area contributed by atoms with Gasteiger partial charge < -0.3 is 10.1 Å². The summed E-state index contributed by atoms with van der Waals surface area (Å²) in [6.07, 6.45) is 9.71. The Morgan fingerprint density at radius 1 is 1.04 bits per heavy atom. The molecule has 1 N–H and O–H groups in total. The van der Waals surface area contributed by atoms with Crippen molar-refractivity contribution in [2.45, 2.75) is 65.7 Å². The maximum atomic E-state index is 5.50. The molecular formula is C22H33N3O. The summed E-state index contributed by atoms with van der Waals surface area (Å²) in [5.41, 5.74) is 3.85. The van der Waals surface area contributed by atoms with Gasteiger partial charge in [0.05, 0.1) is 7.11 Å². The highest BCUT2D eigenvalue weighted by atomic mass is 16.5. The molecule has 0 atom stereocenters. The van der Waals surface area contributed by atoms with E-state index in [2.05, 4.69) is 47.3 Å². The van der Waals surface area contributed by atoms with Crippen LogP contribution in [0, 0.1) is 6.92 Å². The molecule has 0 spiro atoms. The van der Waals surface area contributed by atoms with Crippen LogP contribution in [-0.4, -0.2) is 23.6 Å². The Hall–Kier alpha value is -2.10. The molecule has 26 heavy (non-hydrogen) atoms. The van der Waals surface area contributed by atoms with Gasteiger partial charge in [0, 0.05) is 18.3 Å². The highest BCUT2D eigenvalue weighted by Crippen LogP contribution is 2.22. The van der Waals surface area contributed by atoms with Gasteiger partial charge in [-0.15, -0.1) is 0 Å². The van der Waals surface area contributed by atoms with Crippen LogP contribution in [0.25, 0.3) is 0 Å². The summed E-state index contributed by atoms with van der Waals surface area (Å²) in [5, 5.41) is 3.47. The highest BCUT2D eigenvalue weighted by molar-refractivity contribution is 5.43. The number of ether oxygens (including phenoxy) is 1. The van der Waals surface area contributed by atoms with Gasteiger partial charge in [0.2, 0.25) is 0 Å². The number of nitrogens with one attached hydrogen (secondary N) is 1. The second kappa shape index (κ2) is 10.8. The fourth-order valence-corrected chi connectivity index (χ4v) is 3.10. The molecule has 2 rings (SSSR count). The summed E-state index contributed by atoms with van der Waals surface area (Å²) >= 11 is 0. The van der Waals surface area contributed by atoms with E-state index < -0.39 is 0 Å². The van der Waals surface area contributed by atoms with Gasteiger partial charge in [-0.05, 0) is 62.6 Å². The number of hydrogen-bond acceptors (Lipinski definition) is 4. The summed E-state index contributed by atoms with van der Waals surface area (Å²) < 4.78 is 5.50. The average Bonchev–Trinajstić information content (AvgIpc) is 2.66. The lowest BCUT2D eigenvalue weighted by atomic mass is 10.0. The topological polar surface area (TPSA) is 47.0 Å². The summed E-state index contributed by atoms with van der Waals surface area (Å²) in [6, 6.07) is 6.61. The fraction of sp³-hybridized carbons (Fsp3) is 0.545. The SMILES string of the molecule is CCCCNc1nc(C)ncc1CCCCc1ccc(CC)c(OC)c1. The summed E-state index contributed by atoms with van der Waals surface area (Å²) in [5.74, 6) is 2.86. The lowest BCUT2D eigenvalue weighted by molar-refractivity contribution is 0.409. The Labute approximate surface area is 158 Å². The van der Waals surface area contributed by atoms with E-state index in [0.29, 0.717) is 0 Å². The summed E-state index contributed by atoms with van der Waals surface area (Å²) in [6.45, 7) is 7.29. The Balaban J connectivity index is 1.88. The Kier molecular flexibility index (Phi) is 8.39. The molecule has 0 bridgehead atoms. The molecular weight excluding hydrogens is 322 g/mol. The van der Waals surface area contributed by atoms with Crippen molar-refractivity contribution in [1.82, 2.24) is 9.97 Å². The molecule has 0 aliphatic heterocycles. The van der Waals surface area contributed by atoms with Crippen LogP contribution in [0.3, 0.4) is 0 Å². The second-order valence-corrected chi connectivity index (χ2v) is 6.78. The zero-order chi connectivity index (χ0) is 18.8. The minimum absolute atomic E-state index is 0.829. The first-order chi connectivity index (χ1) is 12.7. The minimum Gasteiger partial charge on any atom is -0.496 e. The van der Waals surface area contributed by atoms with Crippen molar-refractivity contribution in [3.63, 3.8) is 0 Å². The standard InChI is InChI=1S/C22H33N3O/c1-5-7-14-23-22-20(16-24-17(3)25-22)11-9-8-10-18-12-13-19(6-2)21(15-18)26-4/h12-13,15-16H,5-11,14H2,1-4H3,(H,23,24,25). The zero-order valence-corrected chi connectivity index (χ0v) is 16.8. The molecule has 142 valence electrons. The normalized spacial score (nSPS) is 10.8. The van der Waals surface area contributed by atoms with E-state index in [0.717, 1.165) is 62.5 Å². The Morgan fingerprint density at radius 3 is 2.58 bits per heavy atom. The lowest BCUT2D eigenvalue weighted by Gasteiger charge is -2.12. The van der Waals surface area contributed by atoms with Crippen molar-refractivity contribution in [3.05, 3.63) is 46.9 Å². The van der Waals surface area contributed by atoms with Gasteiger partial charge in [-0.1, -0.05) is 32.4 Å². The van der Waals surface area contributed by atoms with Crippen LogP contribution in [0.15, 0.2) is 24.4 Å². The number of benzene rings is 1. The number of unbranched alkanes of at least 4 members (excludes halogenated alkanes) is 2. The number of aryl methyl sites for hydroxylation is 4. The molecule has 4 heteroatoms. The van der Waals surface area contributed by atoms with Crippen LogP contribution >= 0.6 is 0 Å². The van der Waals surface area contributed by atoms with E-state index in [1.54, 1.807) is 7.11 Å². The van der Waals surface area contributed by atoms with Gasteiger partial charge in [-0.2, -0.15) is 0 Å². The number of methoxy groups -OCH3 is 1. The third kappa shape index (κ3) is 6.01. The van der Waals surface area contributed by atoms with E-state index in [9.17, 15) is 0 Å². The molecule has 0 fully saturated rings. The van der Waals surface area contributed by atoms with E-state index in [1.165, 1.54) is 23.1 Å². The summed E-state index contributed by atoms with van der Waals surface area (Å²) in [7, 11) is 1.75. The van der Waals surface area contributed by atoms with Crippen molar-refractivity contribution in [1.29, 1.82) is 0 Å². The number of hydrogen-bond donors (Lipinski definition) is 1. The molecule has 0 saturated heterocycles. The number of anilines is 1. The van der Waals surface area contributed by atoms with Gasteiger partial charge >= 0.3 is 0 Å². The van der Waals surface area contributed by atoms with Crippen LogP contribution in [0.2, 0.25) is 0 Å². The zero-order valence-electron chi connectivity index (χ0n) is 16.8. The third-order valence-corrected chi connectivity index (χ3v) is 4.70. The van der Waals surface area contributed by atoms with Crippen molar-refractivity contribution in [3.8, 4) is 5.75 Å². The van der Waals surface area contributed by atoms with Crippen LogP contribution in [0.4, 0.5) is 5.82 Å². The molecule has 0 amide bonds. The van der Waals surface area contributed by atoms with Crippen LogP contribution < -0.4 is 10.1 Å². The first-order valence-corrected chi connectivity index (χ1v) is 9.90. The average molecular weight is 356 g/mol. The van der Waals surface area contributed by atoms with Crippen LogP contribution in [0.5, 0.6) is 5.75 Å². The molecule has 1 aromatic carbocycles. The maximum absolute atomic E-state index is 5.50. The fourth-order valence-electron chi connectivity index (χ4n) is 3.10. The Morgan fingerprint density at radius 2 is 1.85 bits per heavy atom. The Bertz CT molecular complexity index is 685. The molecule has 0 saturated carbocycles. The smallest absolute Gasteiger partial charge is 0.132 e. The first-order valence-electron chi connectivity index (χ1n) is 9.90. The quantitative estimate of drug-likeness (QED) is 0.567. The van der Waals surface area contributed by atoms with Crippen LogP contribution in [0.1, 0.15) is 62.0 Å². The number of aromatic nitrogens is 2. The van der Waals surface area contributed by atoms with Gasteiger partial charge in [0.1, 0.15) is 17.4 Å². The first kappa shape index (κ1) is 20.2. The van der Waals surface area contributed by atoms with Gasteiger partial charge in [-0.25, -0.2) is 9.97 Å². The molecule has 4 nitrogen and oxygen atoms in total. The second-order valence-electron chi connectivity index (χ2n) is 6.78. The summed E-state index contributed by atoms with van der Waals surface area (Å²) in [4.78, 5) is 8.96. The van der Waals surface area contributed by atoms with Gasteiger partial charge in [0.25, 0.3) is 0 Å². The van der Waals surface area contributed by atoms with E-state index in [1.807, 2.05) is 13.1 Å². The maximum Gasteiger partial charge on any atom is 0.132 e. The predicted octanol–water partition coefficient (Wildman–Crippen LogP) is 5.13. The lowest BCUT2D eigenvalue weighted by Crippen LogP contribution is -2.08.